The number of nitrogens with zero attached hydrogens (tertiary/aromatic N) is 4. The molecule has 8 heteroatoms. The lowest BCUT2D eigenvalue weighted by atomic mass is 10.2. The molecule has 0 fully saturated rings. The van der Waals surface area contributed by atoms with E-state index in [1.54, 1.807) is 17.9 Å². The van der Waals surface area contributed by atoms with E-state index >= 15 is 0 Å². The second-order valence-electron chi connectivity index (χ2n) is 5.56. The molecular formula is C18H19N5O2S. The van der Waals surface area contributed by atoms with Crippen molar-refractivity contribution in [1.29, 1.82) is 0 Å². The van der Waals surface area contributed by atoms with Crippen LogP contribution >= 0.6 is 11.8 Å². The van der Waals surface area contributed by atoms with Crippen LogP contribution in [0, 0.1) is 6.92 Å². The largest absolute Gasteiger partial charge is 0.495 e. The first-order chi connectivity index (χ1) is 12.7. The van der Waals surface area contributed by atoms with Crippen LogP contribution in [0.2, 0.25) is 0 Å². The molecule has 0 aliphatic rings. The van der Waals surface area contributed by atoms with Crippen LogP contribution in [0.1, 0.15) is 12.0 Å². The van der Waals surface area contributed by atoms with E-state index < -0.39 is 0 Å². The Morgan fingerprint density at radius 3 is 2.73 bits per heavy atom. The Bertz CT molecular complexity index is 879. The molecule has 3 aromatic rings. The van der Waals surface area contributed by atoms with Crippen molar-refractivity contribution in [3.8, 4) is 11.4 Å². The van der Waals surface area contributed by atoms with Crippen molar-refractivity contribution in [2.75, 3.05) is 18.2 Å². The molecule has 1 amide bonds. The number of thioether (sulfide) groups is 1. The molecule has 2 aromatic carbocycles. The highest BCUT2D eigenvalue weighted by Crippen LogP contribution is 2.24. The molecule has 3 rings (SSSR count). The molecule has 7 nitrogen and oxygen atoms in total. The summed E-state index contributed by atoms with van der Waals surface area (Å²) in [6.45, 7) is 2.03. The number of benzene rings is 2. The molecule has 0 unspecified atom stereocenters. The lowest BCUT2D eigenvalue weighted by Crippen LogP contribution is -2.13. The quantitative estimate of drug-likeness (QED) is 0.645. The average molecular weight is 369 g/mol. The molecule has 1 aromatic heterocycles. The van der Waals surface area contributed by atoms with Gasteiger partial charge in [-0.15, -0.1) is 5.10 Å². The normalized spacial score (nSPS) is 10.5. The van der Waals surface area contributed by atoms with Gasteiger partial charge in [0.2, 0.25) is 11.1 Å². The summed E-state index contributed by atoms with van der Waals surface area (Å²) in [4.78, 5) is 12.2. The first-order valence-corrected chi connectivity index (χ1v) is 9.07. The number of aryl methyl sites for hydroxylation is 1. The molecule has 0 bridgehead atoms. The number of hydrogen-bond donors (Lipinski definition) is 1. The van der Waals surface area contributed by atoms with Crippen LogP contribution in [-0.2, 0) is 4.79 Å². The van der Waals surface area contributed by atoms with Crippen LogP contribution in [0.3, 0.4) is 0 Å². The number of anilines is 1. The van der Waals surface area contributed by atoms with E-state index in [9.17, 15) is 4.79 Å². The summed E-state index contributed by atoms with van der Waals surface area (Å²) < 4.78 is 6.90. The van der Waals surface area contributed by atoms with E-state index in [-0.39, 0.29) is 5.91 Å². The van der Waals surface area contributed by atoms with Gasteiger partial charge in [-0.3, -0.25) is 4.79 Å². The zero-order chi connectivity index (χ0) is 18.4. The summed E-state index contributed by atoms with van der Waals surface area (Å²) >= 11 is 1.44. The number of aromatic nitrogens is 4. The van der Waals surface area contributed by atoms with Crippen molar-refractivity contribution in [3.63, 3.8) is 0 Å². The maximum absolute atomic E-state index is 12.2. The number of amides is 1. The fourth-order valence-corrected chi connectivity index (χ4v) is 3.14. The monoisotopic (exact) mass is 369 g/mol. The summed E-state index contributed by atoms with van der Waals surface area (Å²) in [6.07, 6.45) is 0.337. The van der Waals surface area contributed by atoms with E-state index in [1.165, 1.54) is 17.3 Å². The van der Waals surface area contributed by atoms with E-state index in [2.05, 4.69) is 20.8 Å². The average Bonchev–Trinajstić information content (AvgIpc) is 3.11. The minimum absolute atomic E-state index is 0.0867. The first kappa shape index (κ1) is 17.9. The van der Waals surface area contributed by atoms with Gasteiger partial charge in [0.25, 0.3) is 0 Å². The molecule has 134 valence electrons. The number of tetrazole rings is 1. The Labute approximate surface area is 155 Å². The van der Waals surface area contributed by atoms with Crippen LogP contribution in [0.5, 0.6) is 5.75 Å². The molecule has 1 heterocycles. The molecule has 0 radical (unpaired) electrons. The molecule has 26 heavy (non-hydrogen) atoms. The molecular weight excluding hydrogens is 350 g/mol. The highest BCUT2D eigenvalue weighted by Gasteiger charge is 2.11. The minimum Gasteiger partial charge on any atom is -0.495 e. The number of rotatable bonds is 7. The molecule has 1 N–H and O–H groups in total. The summed E-state index contributed by atoms with van der Waals surface area (Å²) in [5, 5.41) is 15.3. The Kier molecular flexibility index (Phi) is 5.85. The topological polar surface area (TPSA) is 81.9 Å². The van der Waals surface area contributed by atoms with Gasteiger partial charge in [-0.1, -0.05) is 41.6 Å². The lowest BCUT2D eigenvalue weighted by Gasteiger charge is -2.09. The number of ether oxygens (including phenoxy) is 1. The minimum atomic E-state index is -0.0867. The van der Waals surface area contributed by atoms with Gasteiger partial charge < -0.3 is 10.1 Å². The van der Waals surface area contributed by atoms with Gasteiger partial charge in [0.15, 0.2) is 0 Å². The van der Waals surface area contributed by atoms with E-state index in [0.717, 1.165) is 5.69 Å². The number of methoxy groups -OCH3 is 1. The maximum Gasteiger partial charge on any atom is 0.225 e. The maximum atomic E-state index is 12.2. The van der Waals surface area contributed by atoms with Gasteiger partial charge in [-0.2, -0.15) is 4.68 Å². The highest BCUT2D eigenvalue weighted by atomic mass is 32.2. The zero-order valence-corrected chi connectivity index (χ0v) is 15.4. The number of carbonyl (C=O) groups excluding carboxylic acids is 1. The van der Waals surface area contributed by atoms with Gasteiger partial charge >= 0.3 is 0 Å². The van der Waals surface area contributed by atoms with E-state index in [4.69, 9.17) is 4.74 Å². The standard InChI is InChI=1S/C18H19N5O2S/c1-13-7-9-14(10-8-13)23-18(20-21-22-23)26-12-11-17(24)19-15-5-3-4-6-16(15)25-2/h3-10H,11-12H2,1-2H3,(H,19,24). The second-order valence-corrected chi connectivity index (χ2v) is 6.62. The lowest BCUT2D eigenvalue weighted by molar-refractivity contribution is -0.115. The summed E-state index contributed by atoms with van der Waals surface area (Å²) in [5.41, 5.74) is 2.72. The van der Waals surface area contributed by atoms with Crippen molar-refractivity contribution >= 4 is 23.4 Å². The molecule has 0 atom stereocenters. The predicted molar refractivity (Wildman–Crippen MR) is 101 cm³/mol. The Morgan fingerprint density at radius 2 is 1.96 bits per heavy atom. The zero-order valence-electron chi connectivity index (χ0n) is 14.5. The van der Waals surface area contributed by atoms with Gasteiger partial charge in [0.05, 0.1) is 18.5 Å². The van der Waals surface area contributed by atoms with Crippen LogP contribution in [-0.4, -0.2) is 39.0 Å². The molecule has 0 saturated heterocycles. The summed E-state index contributed by atoms with van der Waals surface area (Å²) in [6, 6.07) is 15.3. The van der Waals surface area contributed by atoms with Crippen molar-refractivity contribution in [2.45, 2.75) is 18.5 Å². The molecule has 0 aliphatic carbocycles. The Hall–Kier alpha value is -2.87. The molecule has 0 saturated carbocycles. The van der Waals surface area contributed by atoms with Gasteiger partial charge in [-0.05, 0) is 41.6 Å². The van der Waals surface area contributed by atoms with Crippen LogP contribution in [0.4, 0.5) is 5.69 Å². The SMILES string of the molecule is COc1ccccc1NC(=O)CCSc1nnnn1-c1ccc(C)cc1. The highest BCUT2D eigenvalue weighted by molar-refractivity contribution is 7.99. The number of nitrogens with one attached hydrogen (secondary N) is 1. The van der Waals surface area contributed by atoms with Crippen LogP contribution in [0.15, 0.2) is 53.7 Å². The van der Waals surface area contributed by atoms with Crippen molar-refractivity contribution in [3.05, 3.63) is 54.1 Å². The number of hydrogen-bond acceptors (Lipinski definition) is 6. The fourth-order valence-electron chi connectivity index (χ4n) is 2.31. The first-order valence-electron chi connectivity index (χ1n) is 8.08. The van der Waals surface area contributed by atoms with Crippen LogP contribution in [0.25, 0.3) is 5.69 Å². The third kappa shape index (κ3) is 4.40. The van der Waals surface area contributed by atoms with Crippen molar-refractivity contribution < 1.29 is 9.53 Å². The molecule has 0 aliphatic heterocycles. The third-order valence-electron chi connectivity index (χ3n) is 3.66. The van der Waals surface area contributed by atoms with E-state index in [1.807, 2.05) is 49.4 Å². The third-order valence-corrected chi connectivity index (χ3v) is 4.58. The predicted octanol–water partition coefficient (Wildman–Crippen LogP) is 3.10. The van der Waals surface area contributed by atoms with Crippen molar-refractivity contribution in [1.82, 2.24) is 20.2 Å². The second kappa shape index (κ2) is 8.48. The fraction of sp³-hybridized carbons (Fsp3) is 0.222. The summed E-state index contributed by atoms with van der Waals surface area (Å²) in [7, 11) is 1.58. The van der Waals surface area contributed by atoms with E-state index in [0.29, 0.717) is 28.8 Å². The Morgan fingerprint density at radius 1 is 1.19 bits per heavy atom. The van der Waals surface area contributed by atoms with Gasteiger partial charge in [-0.25, -0.2) is 0 Å². The molecule has 0 spiro atoms. The smallest absolute Gasteiger partial charge is 0.225 e. The van der Waals surface area contributed by atoms with Gasteiger partial charge in [0.1, 0.15) is 5.75 Å². The Balaban J connectivity index is 1.56. The van der Waals surface area contributed by atoms with Crippen LogP contribution < -0.4 is 10.1 Å². The number of para-hydroxylation sites is 2. The van der Waals surface area contributed by atoms with Crippen molar-refractivity contribution in [2.24, 2.45) is 0 Å². The number of carbonyl (C=O) groups is 1. The van der Waals surface area contributed by atoms with Gasteiger partial charge in [0, 0.05) is 12.2 Å². The summed E-state index contributed by atoms with van der Waals surface area (Å²) in [5.74, 6) is 1.11.